The molecule has 2 aliphatic rings. The van der Waals surface area contributed by atoms with Crippen molar-refractivity contribution < 1.29 is 32.9 Å². The summed E-state index contributed by atoms with van der Waals surface area (Å²) in [5.41, 5.74) is 2.09. The fraction of sp³-hybridized carbons (Fsp3) is 0.0833. The number of hydrogen-bond donors (Lipinski definition) is 0. The van der Waals surface area contributed by atoms with E-state index in [0.717, 1.165) is 10.0 Å². The Balaban J connectivity index is 1.40. The molecule has 0 saturated carbocycles. The van der Waals surface area contributed by atoms with Crippen molar-refractivity contribution in [3.63, 3.8) is 0 Å². The van der Waals surface area contributed by atoms with E-state index in [2.05, 4.69) is 15.9 Å². The van der Waals surface area contributed by atoms with Gasteiger partial charge in [0.05, 0.1) is 17.7 Å². The Bertz CT molecular complexity index is 1280. The monoisotopic (exact) mass is 496 g/mol. The minimum atomic E-state index is -0.648. The van der Waals surface area contributed by atoms with Gasteiger partial charge < -0.3 is 18.9 Å². The Hall–Kier alpha value is -3.49. The molecule has 0 aromatic heterocycles. The zero-order valence-corrected chi connectivity index (χ0v) is 18.0. The minimum absolute atomic E-state index is 0.123. The summed E-state index contributed by atoms with van der Waals surface area (Å²) >= 11 is 3.45. The molecule has 0 unspecified atom stereocenters. The van der Waals surface area contributed by atoms with E-state index in [0.29, 0.717) is 23.5 Å². The SMILES string of the molecule is O=C(Oc1ccc2c(c1)OC(=Cc1cc(Br)cc3c1OCOC3)C2=O)c1ccc(F)cc1. The van der Waals surface area contributed by atoms with E-state index < -0.39 is 11.8 Å². The van der Waals surface area contributed by atoms with Gasteiger partial charge in [0.25, 0.3) is 0 Å². The number of hydrogen-bond acceptors (Lipinski definition) is 6. The summed E-state index contributed by atoms with van der Waals surface area (Å²) in [6, 6.07) is 13.2. The molecule has 2 aliphatic heterocycles. The predicted octanol–water partition coefficient (Wildman–Crippen LogP) is 5.29. The Labute approximate surface area is 190 Å². The van der Waals surface area contributed by atoms with Gasteiger partial charge in [0.15, 0.2) is 12.6 Å². The fourth-order valence-electron chi connectivity index (χ4n) is 3.44. The van der Waals surface area contributed by atoms with E-state index in [4.69, 9.17) is 18.9 Å². The summed E-state index contributed by atoms with van der Waals surface area (Å²) in [6.07, 6.45) is 1.61. The predicted molar refractivity (Wildman–Crippen MR) is 115 cm³/mol. The van der Waals surface area contributed by atoms with Crippen LogP contribution in [0.25, 0.3) is 6.08 Å². The lowest BCUT2D eigenvalue weighted by atomic mass is 10.1. The fourth-order valence-corrected chi connectivity index (χ4v) is 3.96. The largest absolute Gasteiger partial charge is 0.467 e. The number of esters is 1. The number of ketones is 1. The first-order valence-electron chi connectivity index (χ1n) is 9.57. The second-order valence-corrected chi connectivity index (χ2v) is 8.00. The second-order valence-electron chi connectivity index (χ2n) is 7.09. The quantitative estimate of drug-likeness (QED) is 0.278. The lowest BCUT2D eigenvalue weighted by Crippen LogP contribution is -2.12. The summed E-state index contributed by atoms with van der Waals surface area (Å²) in [4.78, 5) is 25.1. The standard InChI is InChI=1S/C24H14BrFO6/c25-16-7-14(23-15(8-16)11-29-12-30-23)9-21-22(27)19-6-5-18(10-20(19)32-21)31-24(28)13-1-3-17(26)4-2-13/h1-10H,11-12H2. The van der Waals surface area contributed by atoms with Crippen LogP contribution in [0.1, 0.15) is 31.8 Å². The molecule has 0 N–H and O–H groups in total. The zero-order chi connectivity index (χ0) is 22.2. The number of Topliss-reactive ketones (excluding diaryl/α,β-unsaturated/α-hetero) is 1. The Morgan fingerprint density at radius 3 is 2.72 bits per heavy atom. The van der Waals surface area contributed by atoms with Gasteiger partial charge in [0.1, 0.15) is 23.1 Å². The van der Waals surface area contributed by atoms with Crippen molar-refractivity contribution in [2.45, 2.75) is 6.61 Å². The maximum atomic E-state index is 13.0. The molecule has 160 valence electrons. The van der Waals surface area contributed by atoms with Gasteiger partial charge in [0, 0.05) is 21.7 Å². The molecule has 3 aromatic rings. The second kappa shape index (κ2) is 8.22. The van der Waals surface area contributed by atoms with Crippen LogP contribution in [0.5, 0.6) is 17.2 Å². The highest BCUT2D eigenvalue weighted by molar-refractivity contribution is 9.10. The van der Waals surface area contributed by atoms with Gasteiger partial charge >= 0.3 is 5.97 Å². The van der Waals surface area contributed by atoms with Crippen LogP contribution in [-0.4, -0.2) is 18.5 Å². The van der Waals surface area contributed by atoms with E-state index in [-0.39, 0.29) is 35.4 Å². The highest BCUT2D eigenvalue weighted by Crippen LogP contribution is 2.38. The van der Waals surface area contributed by atoms with Crippen LogP contribution < -0.4 is 14.2 Å². The molecule has 0 radical (unpaired) electrons. The molecule has 0 bridgehead atoms. The zero-order valence-electron chi connectivity index (χ0n) is 16.4. The van der Waals surface area contributed by atoms with E-state index >= 15 is 0 Å². The number of benzene rings is 3. The molecule has 5 rings (SSSR count). The van der Waals surface area contributed by atoms with Gasteiger partial charge in [-0.2, -0.15) is 0 Å². The molecule has 6 nitrogen and oxygen atoms in total. The normalized spacial score (nSPS) is 15.6. The van der Waals surface area contributed by atoms with Gasteiger partial charge in [-0.05, 0) is 54.6 Å². The van der Waals surface area contributed by atoms with Gasteiger partial charge in [-0.1, -0.05) is 15.9 Å². The summed E-state index contributed by atoms with van der Waals surface area (Å²) in [6.45, 7) is 0.533. The molecular weight excluding hydrogens is 483 g/mol. The summed E-state index contributed by atoms with van der Waals surface area (Å²) in [7, 11) is 0. The molecular formula is C24H14BrFO6. The van der Waals surface area contributed by atoms with Gasteiger partial charge in [0.2, 0.25) is 5.78 Å². The first kappa shape index (κ1) is 20.4. The number of rotatable bonds is 3. The van der Waals surface area contributed by atoms with E-state index in [1.54, 1.807) is 6.08 Å². The Kier molecular flexibility index (Phi) is 5.24. The van der Waals surface area contributed by atoms with Crippen LogP contribution in [0.4, 0.5) is 4.39 Å². The summed E-state index contributed by atoms with van der Waals surface area (Å²) in [5.74, 6) is -0.158. The van der Waals surface area contributed by atoms with Crippen LogP contribution in [0, 0.1) is 5.82 Å². The first-order valence-corrected chi connectivity index (χ1v) is 10.4. The van der Waals surface area contributed by atoms with E-state index in [9.17, 15) is 14.0 Å². The van der Waals surface area contributed by atoms with Crippen LogP contribution in [0.3, 0.4) is 0 Å². The van der Waals surface area contributed by atoms with Crippen molar-refractivity contribution in [3.05, 3.63) is 92.9 Å². The first-order chi connectivity index (χ1) is 15.5. The molecule has 3 aromatic carbocycles. The van der Waals surface area contributed by atoms with Crippen molar-refractivity contribution in [1.29, 1.82) is 0 Å². The maximum Gasteiger partial charge on any atom is 0.343 e. The van der Waals surface area contributed by atoms with Crippen LogP contribution in [-0.2, 0) is 11.3 Å². The van der Waals surface area contributed by atoms with Gasteiger partial charge in [-0.15, -0.1) is 0 Å². The highest BCUT2D eigenvalue weighted by atomic mass is 79.9. The van der Waals surface area contributed by atoms with Crippen LogP contribution in [0.2, 0.25) is 0 Å². The lowest BCUT2D eigenvalue weighted by Gasteiger charge is -2.20. The molecule has 0 saturated heterocycles. The van der Waals surface area contributed by atoms with Crippen LogP contribution in [0.15, 0.2) is 64.8 Å². The van der Waals surface area contributed by atoms with Crippen molar-refractivity contribution >= 4 is 33.8 Å². The molecule has 0 spiro atoms. The highest BCUT2D eigenvalue weighted by Gasteiger charge is 2.29. The molecule has 8 heteroatoms. The maximum absolute atomic E-state index is 13.0. The average Bonchev–Trinajstić information content (AvgIpc) is 3.08. The number of halogens is 2. The van der Waals surface area contributed by atoms with Gasteiger partial charge in [-0.3, -0.25) is 4.79 Å². The molecule has 0 fully saturated rings. The van der Waals surface area contributed by atoms with E-state index in [1.165, 1.54) is 42.5 Å². The number of carbonyl (C=O) groups is 2. The third-order valence-electron chi connectivity index (χ3n) is 4.92. The average molecular weight is 497 g/mol. The van der Waals surface area contributed by atoms with Crippen molar-refractivity contribution in [3.8, 4) is 17.2 Å². The molecule has 32 heavy (non-hydrogen) atoms. The van der Waals surface area contributed by atoms with Crippen LogP contribution >= 0.6 is 15.9 Å². The summed E-state index contributed by atoms with van der Waals surface area (Å²) in [5, 5.41) is 0. The number of ether oxygens (including phenoxy) is 4. The Morgan fingerprint density at radius 2 is 1.91 bits per heavy atom. The lowest BCUT2D eigenvalue weighted by molar-refractivity contribution is -0.0165. The van der Waals surface area contributed by atoms with Crippen molar-refractivity contribution in [1.82, 2.24) is 0 Å². The summed E-state index contributed by atoms with van der Waals surface area (Å²) < 4.78 is 35.9. The third-order valence-corrected chi connectivity index (χ3v) is 5.38. The van der Waals surface area contributed by atoms with Crippen molar-refractivity contribution in [2.75, 3.05) is 6.79 Å². The minimum Gasteiger partial charge on any atom is -0.467 e. The molecule has 0 aliphatic carbocycles. The smallest absolute Gasteiger partial charge is 0.343 e. The molecule has 0 atom stereocenters. The molecule has 2 heterocycles. The Morgan fingerprint density at radius 1 is 1.09 bits per heavy atom. The number of allylic oxidation sites excluding steroid dienone is 1. The van der Waals surface area contributed by atoms with Gasteiger partial charge in [-0.25, -0.2) is 9.18 Å². The topological polar surface area (TPSA) is 71.1 Å². The molecule has 0 amide bonds. The van der Waals surface area contributed by atoms with Crippen molar-refractivity contribution in [2.24, 2.45) is 0 Å². The number of fused-ring (bicyclic) bond motifs is 2. The number of carbonyl (C=O) groups excluding carboxylic acids is 2. The third kappa shape index (κ3) is 3.90. The van der Waals surface area contributed by atoms with E-state index in [1.807, 2.05) is 12.1 Å².